The standard InChI is InChI=1S/C17H24N2O/c1-2-18-12-13-7-9-19(10-8-13)17(20)16-11-14-5-3-4-6-15(14)16/h3-6,13,16,18H,2,7-12H2,1H3. The molecule has 0 radical (unpaired) electrons. The van der Waals surface area contributed by atoms with E-state index in [9.17, 15) is 4.79 Å². The zero-order chi connectivity index (χ0) is 13.9. The first-order valence-corrected chi connectivity index (χ1v) is 7.87. The zero-order valence-electron chi connectivity index (χ0n) is 12.3. The molecule has 1 aromatic carbocycles. The van der Waals surface area contributed by atoms with E-state index >= 15 is 0 Å². The van der Waals surface area contributed by atoms with Gasteiger partial charge in [0.15, 0.2) is 0 Å². The second-order valence-electron chi connectivity index (χ2n) is 6.03. The lowest BCUT2D eigenvalue weighted by molar-refractivity contribution is -0.134. The smallest absolute Gasteiger partial charge is 0.230 e. The molecular formula is C17H24N2O. The molecular weight excluding hydrogens is 248 g/mol. The molecule has 2 aliphatic rings. The number of amides is 1. The van der Waals surface area contributed by atoms with E-state index < -0.39 is 0 Å². The molecule has 1 amide bonds. The van der Waals surface area contributed by atoms with Crippen LogP contribution in [0.1, 0.15) is 36.8 Å². The number of carbonyl (C=O) groups is 1. The molecule has 3 rings (SSSR count). The van der Waals surface area contributed by atoms with Crippen LogP contribution in [0.15, 0.2) is 24.3 Å². The summed E-state index contributed by atoms with van der Waals surface area (Å²) in [6.07, 6.45) is 3.23. The second-order valence-corrected chi connectivity index (χ2v) is 6.03. The summed E-state index contributed by atoms with van der Waals surface area (Å²) in [5, 5.41) is 3.42. The third-order valence-electron chi connectivity index (χ3n) is 4.76. The van der Waals surface area contributed by atoms with Gasteiger partial charge >= 0.3 is 0 Å². The van der Waals surface area contributed by atoms with Gasteiger partial charge in [-0.1, -0.05) is 31.2 Å². The van der Waals surface area contributed by atoms with Crippen molar-refractivity contribution in [1.82, 2.24) is 10.2 Å². The summed E-state index contributed by atoms with van der Waals surface area (Å²) in [5.41, 5.74) is 2.61. The molecule has 1 aliphatic carbocycles. The van der Waals surface area contributed by atoms with Gasteiger partial charge in [-0.15, -0.1) is 0 Å². The number of hydrogen-bond donors (Lipinski definition) is 1. The Kier molecular flexibility index (Phi) is 4.06. The van der Waals surface area contributed by atoms with Crippen molar-refractivity contribution in [2.24, 2.45) is 5.92 Å². The van der Waals surface area contributed by atoms with Gasteiger partial charge in [0.2, 0.25) is 5.91 Å². The lowest BCUT2D eigenvalue weighted by atomic mass is 9.76. The number of nitrogens with one attached hydrogen (secondary N) is 1. The van der Waals surface area contributed by atoms with E-state index in [1.54, 1.807) is 0 Å². The Morgan fingerprint density at radius 2 is 2.05 bits per heavy atom. The third kappa shape index (κ3) is 2.59. The van der Waals surface area contributed by atoms with Crippen LogP contribution >= 0.6 is 0 Å². The van der Waals surface area contributed by atoms with Gasteiger partial charge < -0.3 is 10.2 Å². The van der Waals surface area contributed by atoms with Crippen LogP contribution in [0.3, 0.4) is 0 Å². The highest BCUT2D eigenvalue weighted by atomic mass is 16.2. The minimum Gasteiger partial charge on any atom is -0.342 e. The molecule has 3 heteroatoms. The number of hydrogen-bond acceptors (Lipinski definition) is 2. The fourth-order valence-electron chi connectivity index (χ4n) is 3.41. The van der Waals surface area contributed by atoms with Gasteiger partial charge in [0.05, 0.1) is 5.92 Å². The summed E-state index contributed by atoms with van der Waals surface area (Å²) in [6.45, 7) is 6.16. The van der Waals surface area contributed by atoms with Crippen LogP contribution in [0.25, 0.3) is 0 Å². The number of likely N-dealkylation sites (tertiary alicyclic amines) is 1. The van der Waals surface area contributed by atoms with E-state index in [-0.39, 0.29) is 5.92 Å². The third-order valence-corrected chi connectivity index (χ3v) is 4.76. The van der Waals surface area contributed by atoms with E-state index in [0.29, 0.717) is 5.91 Å². The van der Waals surface area contributed by atoms with Crippen molar-refractivity contribution in [3.05, 3.63) is 35.4 Å². The molecule has 1 fully saturated rings. The summed E-state index contributed by atoms with van der Waals surface area (Å²) in [4.78, 5) is 14.7. The SMILES string of the molecule is CCNCC1CCN(C(=O)C2Cc3ccccc32)CC1. The first kappa shape index (κ1) is 13.6. The molecule has 20 heavy (non-hydrogen) atoms. The monoisotopic (exact) mass is 272 g/mol. The maximum Gasteiger partial charge on any atom is 0.230 e. The Bertz CT molecular complexity index is 478. The Balaban J connectivity index is 1.53. The number of nitrogens with zero attached hydrogens (tertiary/aromatic N) is 1. The molecule has 3 nitrogen and oxygen atoms in total. The summed E-state index contributed by atoms with van der Waals surface area (Å²) >= 11 is 0. The van der Waals surface area contributed by atoms with Crippen molar-refractivity contribution >= 4 is 5.91 Å². The topological polar surface area (TPSA) is 32.3 Å². The van der Waals surface area contributed by atoms with Crippen LogP contribution in [0.5, 0.6) is 0 Å². The molecule has 1 aromatic rings. The molecule has 0 spiro atoms. The minimum atomic E-state index is 0.136. The molecule has 1 aliphatic heterocycles. The summed E-state index contributed by atoms with van der Waals surface area (Å²) in [7, 11) is 0. The zero-order valence-corrected chi connectivity index (χ0v) is 12.3. The number of rotatable bonds is 4. The van der Waals surface area contributed by atoms with Crippen molar-refractivity contribution in [3.63, 3.8) is 0 Å². The van der Waals surface area contributed by atoms with E-state index in [4.69, 9.17) is 0 Å². The average molecular weight is 272 g/mol. The highest BCUT2D eigenvalue weighted by molar-refractivity contribution is 5.87. The second kappa shape index (κ2) is 5.96. The van der Waals surface area contributed by atoms with Gasteiger partial charge in [-0.05, 0) is 49.4 Å². The highest BCUT2D eigenvalue weighted by Gasteiger charge is 2.35. The van der Waals surface area contributed by atoms with Crippen molar-refractivity contribution in [1.29, 1.82) is 0 Å². The quantitative estimate of drug-likeness (QED) is 0.911. The normalized spacial score (nSPS) is 22.2. The molecule has 1 saturated heterocycles. The largest absolute Gasteiger partial charge is 0.342 e. The van der Waals surface area contributed by atoms with Crippen LogP contribution in [0, 0.1) is 5.92 Å². The lowest BCUT2D eigenvalue weighted by Crippen LogP contribution is -2.44. The fraction of sp³-hybridized carbons (Fsp3) is 0.588. The highest BCUT2D eigenvalue weighted by Crippen LogP contribution is 2.36. The van der Waals surface area contributed by atoms with Gasteiger partial charge in [-0.25, -0.2) is 0 Å². The number of piperidine rings is 1. The van der Waals surface area contributed by atoms with Gasteiger partial charge in [-0.3, -0.25) is 4.79 Å². The molecule has 0 saturated carbocycles. The lowest BCUT2D eigenvalue weighted by Gasteiger charge is -2.37. The van der Waals surface area contributed by atoms with Crippen LogP contribution in [-0.2, 0) is 11.2 Å². The van der Waals surface area contributed by atoms with E-state index in [1.807, 2.05) is 6.07 Å². The maximum atomic E-state index is 12.6. The Labute approximate surface area is 121 Å². The Morgan fingerprint density at radius 3 is 2.75 bits per heavy atom. The van der Waals surface area contributed by atoms with Crippen LogP contribution in [0.2, 0.25) is 0 Å². The summed E-state index contributed by atoms with van der Waals surface area (Å²) in [6, 6.07) is 8.35. The Hall–Kier alpha value is -1.35. The number of fused-ring (bicyclic) bond motifs is 1. The van der Waals surface area contributed by atoms with Gasteiger partial charge in [-0.2, -0.15) is 0 Å². The van der Waals surface area contributed by atoms with Crippen molar-refractivity contribution in [3.8, 4) is 0 Å². The molecule has 1 unspecified atom stereocenters. The van der Waals surface area contributed by atoms with E-state index in [2.05, 4.69) is 35.3 Å². The van der Waals surface area contributed by atoms with Crippen LogP contribution in [0.4, 0.5) is 0 Å². The minimum absolute atomic E-state index is 0.136. The molecule has 1 heterocycles. The van der Waals surface area contributed by atoms with Crippen molar-refractivity contribution in [2.45, 2.75) is 32.1 Å². The van der Waals surface area contributed by atoms with Crippen LogP contribution < -0.4 is 5.32 Å². The summed E-state index contributed by atoms with van der Waals surface area (Å²) in [5.74, 6) is 1.23. The Morgan fingerprint density at radius 1 is 1.30 bits per heavy atom. The molecule has 0 bridgehead atoms. The van der Waals surface area contributed by atoms with E-state index in [1.165, 1.54) is 11.1 Å². The summed E-state index contributed by atoms with van der Waals surface area (Å²) < 4.78 is 0. The predicted octanol–water partition coefficient (Wildman–Crippen LogP) is 2.17. The first-order valence-electron chi connectivity index (χ1n) is 7.87. The average Bonchev–Trinajstić information content (AvgIpc) is 2.47. The van der Waals surface area contributed by atoms with Crippen molar-refractivity contribution in [2.75, 3.05) is 26.2 Å². The maximum absolute atomic E-state index is 12.6. The first-order chi connectivity index (χ1) is 9.79. The predicted molar refractivity (Wildman–Crippen MR) is 80.7 cm³/mol. The molecule has 108 valence electrons. The molecule has 0 aromatic heterocycles. The van der Waals surface area contributed by atoms with E-state index in [0.717, 1.165) is 51.4 Å². The van der Waals surface area contributed by atoms with Gasteiger partial charge in [0.25, 0.3) is 0 Å². The number of carbonyl (C=O) groups excluding carboxylic acids is 1. The fourth-order valence-corrected chi connectivity index (χ4v) is 3.41. The van der Waals surface area contributed by atoms with Gasteiger partial charge in [0, 0.05) is 13.1 Å². The van der Waals surface area contributed by atoms with Crippen molar-refractivity contribution < 1.29 is 4.79 Å². The van der Waals surface area contributed by atoms with Crippen LogP contribution in [-0.4, -0.2) is 37.0 Å². The number of benzene rings is 1. The molecule has 1 N–H and O–H groups in total. The molecule has 1 atom stereocenters. The van der Waals surface area contributed by atoms with Gasteiger partial charge in [0.1, 0.15) is 0 Å².